The van der Waals surface area contributed by atoms with Gasteiger partial charge in [0.05, 0.1) is 12.8 Å². The third-order valence-corrected chi connectivity index (χ3v) is 2.56. The van der Waals surface area contributed by atoms with Crippen molar-refractivity contribution in [2.24, 2.45) is 0 Å². The molecule has 3 heteroatoms. The summed E-state index contributed by atoms with van der Waals surface area (Å²) < 4.78 is 1.88. The predicted octanol–water partition coefficient (Wildman–Crippen LogP) is 2.01. The Hall–Kier alpha value is -1.61. The van der Waals surface area contributed by atoms with Crippen LogP contribution in [0.5, 0.6) is 0 Å². The van der Waals surface area contributed by atoms with Gasteiger partial charge in [0.2, 0.25) is 0 Å². The number of benzene rings is 1. The number of hydrogen-bond acceptors (Lipinski definition) is 2. The number of aliphatic hydroxyl groups excluding tert-OH is 1. The van der Waals surface area contributed by atoms with Gasteiger partial charge in [0.1, 0.15) is 0 Å². The Morgan fingerprint density at radius 3 is 2.62 bits per heavy atom. The first-order valence-electron chi connectivity index (χ1n) is 5.54. The Balaban J connectivity index is 1.80. The lowest BCUT2D eigenvalue weighted by molar-refractivity contribution is 0.281. The molecule has 84 valence electrons. The lowest BCUT2D eigenvalue weighted by Crippen LogP contribution is -1.99. The summed E-state index contributed by atoms with van der Waals surface area (Å²) in [6.07, 6.45) is 5.74. The Bertz CT molecular complexity index is 423. The molecular formula is C13H16N2O. The van der Waals surface area contributed by atoms with Gasteiger partial charge in [-0.25, -0.2) is 0 Å². The zero-order valence-corrected chi connectivity index (χ0v) is 9.21. The van der Waals surface area contributed by atoms with Crippen LogP contribution < -0.4 is 0 Å². The zero-order valence-electron chi connectivity index (χ0n) is 9.21. The molecule has 0 bridgehead atoms. The minimum absolute atomic E-state index is 0.0681. The maximum atomic E-state index is 8.90. The first-order valence-corrected chi connectivity index (χ1v) is 5.54. The van der Waals surface area contributed by atoms with Crippen LogP contribution in [0, 0.1) is 0 Å². The van der Waals surface area contributed by atoms with Crippen molar-refractivity contribution in [1.29, 1.82) is 0 Å². The van der Waals surface area contributed by atoms with Crippen LogP contribution in [0.2, 0.25) is 0 Å². The fraction of sp³-hybridized carbons (Fsp3) is 0.308. The fourth-order valence-electron chi connectivity index (χ4n) is 1.70. The summed E-state index contributed by atoms with van der Waals surface area (Å²) >= 11 is 0. The molecule has 0 fully saturated rings. The summed E-state index contributed by atoms with van der Waals surface area (Å²) in [5.74, 6) is 0. The minimum Gasteiger partial charge on any atom is -0.392 e. The van der Waals surface area contributed by atoms with E-state index in [4.69, 9.17) is 5.11 Å². The zero-order chi connectivity index (χ0) is 11.2. The molecule has 0 aliphatic rings. The summed E-state index contributed by atoms with van der Waals surface area (Å²) in [5.41, 5.74) is 2.23. The van der Waals surface area contributed by atoms with E-state index in [1.807, 2.05) is 16.9 Å². The van der Waals surface area contributed by atoms with E-state index in [-0.39, 0.29) is 6.61 Å². The van der Waals surface area contributed by atoms with Crippen LogP contribution in [0.1, 0.15) is 17.5 Å². The van der Waals surface area contributed by atoms with E-state index in [2.05, 4.69) is 29.4 Å². The first-order chi connectivity index (χ1) is 7.88. The molecule has 0 aliphatic carbocycles. The molecular weight excluding hydrogens is 200 g/mol. The van der Waals surface area contributed by atoms with Gasteiger partial charge in [-0.1, -0.05) is 30.3 Å². The van der Waals surface area contributed by atoms with Crippen molar-refractivity contribution in [2.45, 2.75) is 26.0 Å². The maximum Gasteiger partial charge on any atom is 0.0712 e. The van der Waals surface area contributed by atoms with E-state index in [1.54, 1.807) is 6.20 Å². The minimum atomic E-state index is 0.0681. The summed E-state index contributed by atoms with van der Waals surface area (Å²) in [6.45, 7) is 0.966. The third-order valence-electron chi connectivity index (χ3n) is 2.56. The lowest BCUT2D eigenvalue weighted by atomic mass is 10.1. The van der Waals surface area contributed by atoms with Gasteiger partial charge in [-0.2, -0.15) is 5.10 Å². The highest BCUT2D eigenvalue weighted by Crippen LogP contribution is 2.04. The van der Waals surface area contributed by atoms with Gasteiger partial charge in [0.25, 0.3) is 0 Å². The van der Waals surface area contributed by atoms with Gasteiger partial charge in [-0.3, -0.25) is 4.68 Å². The average molecular weight is 216 g/mol. The number of rotatable bonds is 5. The predicted molar refractivity (Wildman–Crippen MR) is 62.9 cm³/mol. The SMILES string of the molecule is OCc1cnn(CCCc2ccccc2)c1. The second kappa shape index (κ2) is 5.47. The van der Waals surface area contributed by atoms with Crippen molar-refractivity contribution in [3.8, 4) is 0 Å². The molecule has 0 unspecified atom stereocenters. The summed E-state index contributed by atoms with van der Waals surface area (Å²) in [5, 5.41) is 13.1. The monoisotopic (exact) mass is 216 g/mol. The smallest absolute Gasteiger partial charge is 0.0712 e. The molecule has 1 N–H and O–H groups in total. The quantitative estimate of drug-likeness (QED) is 0.830. The molecule has 2 aromatic rings. The van der Waals surface area contributed by atoms with E-state index in [0.717, 1.165) is 24.9 Å². The van der Waals surface area contributed by atoms with Crippen LogP contribution in [0.3, 0.4) is 0 Å². The number of aliphatic hydroxyl groups is 1. The summed E-state index contributed by atoms with van der Waals surface area (Å²) in [6, 6.07) is 10.4. The van der Waals surface area contributed by atoms with E-state index < -0.39 is 0 Å². The van der Waals surface area contributed by atoms with Crippen molar-refractivity contribution < 1.29 is 5.11 Å². The molecule has 3 nitrogen and oxygen atoms in total. The fourth-order valence-corrected chi connectivity index (χ4v) is 1.70. The van der Waals surface area contributed by atoms with Crippen LogP contribution in [-0.2, 0) is 19.6 Å². The Morgan fingerprint density at radius 1 is 1.12 bits per heavy atom. The Morgan fingerprint density at radius 2 is 1.94 bits per heavy atom. The van der Waals surface area contributed by atoms with Gasteiger partial charge in [-0.15, -0.1) is 0 Å². The molecule has 0 aliphatic heterocycles. The molecule has 1 aromatic carbocycles. The number of aromatic nitrogens is 2. The van der Waals surface area contributed by atoms with Gasteiger partial charge < -0.3 is 5.11 Å². The van der Waals surface area contributed by atoms with Crippen molar-refractivity contribution in [3.63, 3.8) is 0 Å². The highest BCUT2D eigenvalue weighted by molar-refractivity contribution is 5.14. The van der Waals surface area contributed by atoms with Crippen molar-refractivity contribution in [2.75, 3.05) is 0 Å². The second-order valence-electron chi connectivity index (χ2n) is 3.86. The first kappa shape index (κ1) is 10.9. The number of nitrogens with zero attached hydrogens (tertiary/aromatic N) is 2. The van der Waals surface area contributed by atoms with Crippen molar-refractivity contribution in [3.05, 3.63) is 53.9 Å². The molecule has 0 spiro atoms. The lowest BCUT2D eigenvalue weighted by Gasteiger charge is -2.01. The van der Waals surface area contributed by atoms with Gasteiger partial charge in [0.15, 0.2) is 0 Å². The highest BCUT2D eigenvalue weighted by Gasteiger charge is 1.97. The molecule has 1 heterocycles. The molecule has 0 amide bonds. The van der Waals surface area contributed by atoms with Crippen molar-refractivity contribution >= 4 is 0 Å². The molecule has 0 radical (unpaired) electrons. The molecule has 0 saturated carbocycles. The van der Waals surface area contributed by atoms with Crippen LogP contribution in [-0.4, -0.2) is 14.9 Å². The summed E-state index contributed by atoms with van der Waals surface area (Å²) in [4.78, 5) is 0. The summed E-state index contributed by atoms with van der Waals surface area (Å²) in [7, 11) is 0. The second-order valence-corrected chi connectivity index (χ2v) is 3.86. The topological polar surface area (TPSA) is 38.1 Å². The van der Waals surface area contributed by atoms with Crippen molar-refractivity contribution in [1.82, 2.24) is 9.78 Å². The van der Waals surface area contributed by atoms with Gasteiger partial charge in [0, 0.05) is 18.3 Å². The van der Waals surface area contributed by atoms with Crippen LogP contribution >= 0.6 is 0 Å². The van der Waals surface area contributed by atoms with Gasteiger partial charge >= 0.3 is 0 Å². The maximum absolute atomic E-state index is 8.90. The molecule has 1 aromatic heterocycles. The van der Waals surface area contributed by atoms with Gasteiger partial charge in [-0.05, 0) is 18.4 Å². The van der Waals surface area contributed by atoms with E-state index in [9.17, 15) is 0 Å². The standard InChI is InChI=1S/C13H16N2O/c16-11-13-9-14-15(10-13)8-4-7-12-5-2-1-3-6-12/h1-3,5-6,9-10,16H,4,7-8,11H2. The van der Waals surface area contributed by atoms with Crippen LogP contribution in [0.4, 0.5) is 0 Å². The average Bonchev–Trinajstić information content (AvgIpc) is 2.78. The van der Waals surface area contributed by atoms with E-state index >= 15 is 0 Å². The largest absolute Gasteiger partial charge is 0.392 e. The normalized spacial score (nSPS) is 10.6. The van der Waals surface area contributed by atoms with Crippen LogP contribution in [0.15, 0.2) is 42.7 Å². The molecule has 0 atom stereocenters. The number of aryl methyl sites for hydroxylation is 2. The molecule has 2 rings (SSSR count). The molecule has 0 saturated heterocycles. The van der Waals surface area contributed by atoms with E-state index in [1.165, 1.54) is 5.56 Å². The Kier molecular flexibility index (Phi) is 3.72. The third kappa shape index (κ3) is 2.94. The Labute approximate surface area is 95.3 Å². The number of hydrogen-bond donors (Lipinski definition) is 1. The highest BCUT2D eigenvalue weighted by atomic mass is 16.3. The van der Waals surface area contributed by atoms with Crippen LogP contribution in [0.25, 0.3) is 0 Å². The molecule has 16 heavy (non-hydrogen) atoms. The van der Waals surface area contributed by atoms with E-state index in [0.29, 0.717) is 0 Å².